The molecule has 1 N–H and O–H groups in total. The van der Waals surface area contributed by atoms with E-state index in [-0.39, 0.29) is 0 Å². The highest BCUT2D eigenvalue weighted by Gasteiger charge is 2.31. The van der Waals surface area contributed by atoms with Crippen molar-refractivity contribution in [3.05, 3.63) is 52.9 Å². The fraction of sp³-hybridized carbons (Fsp3) is 0.444. The van der Waals surface area contributed by atoms with Crippen LogP contribution in [0.5, 0.6) is 0 Å². The zero-order valence-corrected chi connectivity index (χ0v) is 13.1. The lowest BCUT2D eigenvalue weighted by atomic mass is 10.0. The standard InChI is InChI=1S/C18H22N2O3/c21-19-12-17-18(15-9-10-15)16(20-23-17)8-4-5-11-22-13-14-6-2-1-3-7-14/h1-3,6-7,12,15,21H,4-5,8-11,13H2/b19-12+. The van der Waals surface area contributed by atoms with Crippen LogP contribution in [-0.2, 0) is 17.8 Å². The van der Waals surface area contributed by atoms with Gasteiger partial charge in [0.05, 0.1) is 12.3 Å². The van der Waals surface area contributed by atoms with Crippen LogP contribution in [0.25, 0.3) is 0 Å². The number of nitrogens with zero attached hydrogens (tertiary/aromatic N) is 2. The van der Waals surface area contributed by atoms with E-state index in [9.17, 15) is 0 Å². The summed E-state index contributed by atoms with van der Waals surface area (Å²) in [7, 11) is 0. The second kappa shape index (κ2) is 7.92. The molecule has 2 aromatic rings. The first-order valence-corrected chi connectivity index (χ1v) is 8.16. The molecule has 0 atom stereocenters. The van der Waals surface area contributed by atoms with E-state index in [0.717, 1.165) is 37.1 Å². The number of hydrogen-bond donors (Lipinski definition) is 1. The number of benzene rings is 1. The highest BCUT2D eigenvalue weighted by molar-refractivity contribution is 5.78. The van der Waals surface area contributed by atoms with Crippen molar-refractivity contribution in [3.8, 4) is 0 Å². The van der Waals surface area contributed by atoms with E-state index in [1.165, 1.54) is 24.6 Å². The number of unbranched alkanes of at least 4 members (excludes halogenated alkanes) is 1. The van der Waals surface area contributed by atoms with Crippen LogP contribution >= 0.6 is 0 Å². The average Bonchev–Trinajstić information content (AvgIpc) is 3.34. The van der Waals surface area contributed by atoms with Gasteiger partial charge >= 0.3 is 0 Å². The third-order valence-corrected chi connectivity index (χ3v) is 4.05. The van der Waals surface area contributed by atoms with Gasteiger partial charge in [0.1, 0.15) is 6.21 Å². The molecule has 5 nitrogen and oxygen atoms in total. The van der Waals surface area contributed by atoms with Crippen LogP contribution in [0.15, 0.2) is 40.0 Å². The third-order valence-electron chi connectivity index (χ3n) is 4.05. The molecule has 122 valence electrons. The molecule has 5 heteroatoms. The molecule has 23 heavy (non-hydrogen) atoms. The van der Waals surface area contributed by atoms with Gasteiger partial charge < -0.3 is 14.5 Å². The molecular weight excluding hydrogens is 292 g/mol. The molecule has 1 aromatic carbocycles. The summed E-state index contributed by atoms with van der Waals surface area (Å²) in [6, 6.07) is 10.2. The smallest absolute Gasteiger partial charge is 0.184 e. The van der Waals surface area contributed by atoms with Gasteiger partial charge in [-0.3, -0.25) is 0 Å². The summed E-state index contributed by atoms with van der Waals surface area (Å²) in [6.45, 7) is 1.41. The summed E-state index contributed by atoms with van der Waals surface area (Å²) < 4.78 is 11.0. The molecule has 1 aliphatic carbocycles. The Labute approximate surface area is 135 Å². The Hall–Kier alpha value is -2.14. The van der Waals surface area contributed by atoms with Crippen LogP contribution in [0.2, 0.25) is 0 Å². The topological polar surface area (TPSA) is 67.9 Å². The fourth-order valence-corrected chi connectivity index (χ4v) is 2.74. The summed E-state index contributed by atoms with van der Waals surface area (Å²) in [6.07, 6.45) is 6.56. The van der Waals surface area contributed by atoms with Crippen molar-refractivity contribution in [2.75, 3.05) is 6.61 Å². The zero-order chi connectivity index (χ0) is 15.9. The number of hydrogen-bond acceptors (Lipinski definition) is 5. The van der Waals surface area contributed by atoms with E-state index in [1.54, 1.807) is 0 Å². The van der Waals surface area contributed by atoms with Gasteiger partial charge in [-0.25, -0.2) is 0 Å². The lowest BCUT2D eigenvalue weighted by molar-refractivity contribution is 0.117. The Balaban J connectivity index is 1.41. The van der Waals surface area contributed by atoms with Crippen LogP contribution in [0.1, 0.15) is 54.2 Å². The summed E-state index contributed by atoms with van der Waals surface area (Å²) in [5, 5.41) is 15.9. The molecule has 0 saturated heterocycles. The van der Waals surface area contributed by atoms with Gasteiger partial charge in [0, 0.05) is 12.2 Å². The molecule has 0 bridgehead atoms. The van der Waals surface area contributed by atoms with E-state index in [2.05, 4.69) is 22.4 Å². The Morgan fingerprint density at radius 3 is 2.83 bits per heavy atom. The molecule has 1 fully saturated rings. The molecular formula is C18H22N2O3. The fourth-order valence-electron chi connectivity index (χ4n) is 2.74. The predicted octanol–water partition coefficient (Wildman–Crippen LogP) is 3.90. The normalized spacial score (nSPS) is 14.6. The Morgan fingerprint density at radius 1 is 1.26 bits per heavy atom. The van der Waals surface area contributed by atoms with E-state index < -0.39 is 0 Å². The first-order chi connectivity index (χ1) is 11.4. The van der Waals surface area contributed by atoms with Crippen molar-refractivity contribution in [1.29, 1.82) is 0 Å². The van der Waals surface area contributed by atoms with Gasteiger partial charge in [-0.1, -0.05) is 40.6 Å². The van der Waals surface area contributed by atoms with Crippen molar-refractivity contribution in [1.82, 2.24) is 5.16 Å². The van der Waals surface area contributed by atoms with E-state index >= 15 is 0 Å². The lowest BCUT2D eigenvalue weighted by Crippen LogP contribution is -1.98. The molecule has 1 aliphatic rings. The SMILES string of the molecule is O/N=C/c1onc(CCCCOCc2ccccc2)c1C1CC1. The van der Waals surface area contributed by atoms with Gasteiger partial charge in [-0.15, -0.1) is 0 Å². The van der Waals surface area contributed by atoms with Crippen molar-refractivity contribution in [3.63, 3.8) is 0 Å². The molecule has 3 rings (SSSR count). The Morgan fingerprint density at radius 2 is 2.09 bits per heavy atom. The Bertz CT molecular complexity index is 633. The van der Waals surface area contributed by atoms with Gasteiger partial charge in [0.15, 0.2) is 5.76 Å². The highest BCUT2D eigenvalue weighted by atomic mass is 16.5. The Kier molecular flexibility index (Phi) is 5.42. The van der Waals surface area contributed by atoms with Crippen molar-refractivity contribution in [2.24, 2.45) is 5.16 Å². The summed E-state index contributed by atoms with van der Waals surface area (Å²) in [4.78, 5) is 0. The largest absolute Gasteiger partial charge is 0.411 e. The molecule has 0 aliphatic heterocycles. The van der Waals surface area contributed by atoms with E-state index in [0.29, 0.717) is 18.3 Å². The van der Waals surface area contributed by atoms with Crippen LogP contribution < -0.4 is 0 Å². The minimum Gasteiger partial charge on any atom is -0.411 e. The third kappa shape index (κ3) is 4.42. The minimum absolute atomic E-state index is 0.526. The zero-order valence-electron chi connectivity index (χ0n) is 13.1. The first-order valence-electron chi connectivity index (χ1n) is 8.16. The maximum absolute atomic E-state index is 8.69. The summed E-state index contributed by atoms with van der Waals surface area (Å²) in [5.41, 5.74) is 3.34. The number of aryl methyl sites for hydroxylation is 1. The number of aromatic nitrogens is 1. The van der Waals surface area contributed by atoms with Crippen LogP contribution in [0.4, 0.5) is 0 Å². The molecule has 1 aromatic heterocycles. The number of oxime groups is 1. The van der Waals surface area contributed by atoms with Crippen molar-refractivity contribution >= 4 is 6.21 Å². The molecule has 0 amide bonds. The number of ether oxygens (including phenoxy) is 1. The highest BCUT2D eigenvalue weighted by Crippen LogP contribution is 2.43. The van der Waals surface area contributed by atoms with Crippen molar-refractivity contribution in [2.45, 2.75) is 44.6 Å². The quantitative estimate of drug-likeness (QED) is 0.330. The van der Waals surface area contributed by atoms with E-state index in [4.69, 9.17) is 14.5 Å². The van der Waals surface area contributed by atoms with Crippen molar-refractivity contribution < 1.29 is 14.5 Å². The summed E-state index contributed by atoms with van der Waals surface area (Å²) in [5.74, 6) is 1.13. The first kappa shape index (κ1) is 15.7. The van der Waals surface area contributed by atoms with Gasteiger partial charge in [0.25, 0.3) is 0 Å². The predicted molar refractivity (Wildman–Crippen MR) is 86.9 cm³/mol. The van der Waals surface area contributed by atoms with Gasteiger partial charge in [-0.05, 0) is 43.6 Å². The number of rotatable bonds is 9. The van der Waals surface area contributed by atoms with Gasteiger partial charge in [-0.2, -0.15) is 0 Å². The van der Waals surface area contributed by atoms with E-state index in [1.807, 2.05) is 18.2 Å². The van der Waals surface area contributed by atoms with Crippen LogP contribution in [0.3, 0.4) is 0 Å². The summed E-state index contributed by atoms with van der Waals surface area (Å²) >= 11 is 0. The van der Waals surface area contributed by atoms with Crippen LogP contribution in [-0.4, -0.2) is 23.2 Å². The molecule has 0 radical (unpaired) electrons. The van der Waals surface area contributed by atoms with Crippen LogP contribution in [0, 0.1) is 0 Å². The second-order valence-electron chi connectivity index (χ2n) is 5.92. The lowest BCUT2D eigenvalue weighted by Gasteiger charge is -2.04. The van der Waals surface area contributed by atoms with Gasteiger partial charge in [0.2, 0.25) is 0 Å². The molecule has 1 heterocycles. The maximum atomic E-state index is 8.69. The molecule has 0 spiro atoms. The monoisotopic (exact) mass is 314 g/mol. The average molecular weight is 314 g/mol. The molecule has 1 saturated carbocycles. The minimum atomic E-state index is 0.526. The molecule has 0 unspecified atom stereocenters. The maximum Gasteiger partial charge on any atom is 0.184 e. The second-order valence-corrected chi connectivity index (χ2v) is 5.92.